The van der Waals surface area contributed by atoms with Gasteiger partial charge in [-0.15, -0.1) is 0 Å². The third kappa shape index (κ3) is 2.30. The summed E-state index contributed by atoms with van der Waals surface area (Å²) in [4.78, 5) is 25.1. The Balaban J connectivity index is 2.25. The van der Waals surface area contributed by atoms with E-state index in [-0.39, 0.29) is 11.6 Å². The highest BCUT2D eigenvalue weighted by Gasteiger charge is 2.19. The number of carbonyl (C=O) groups is 1. The lowest BCUT2D eigenvalue weighted by Gasteiger charge is -2.20. The molecule has 8 nitrogen and oxygen atoms in total. The molecule has 4 N–H and O–H groups in total. The number of hydrogen-bond donors (Lipinski definition) is 3. The van der Waals surface area contributed by atoms with Crippen molar-refractivity contribution in [3.05, 3.63) is 39.9 Å². The molecule has 2 amide bonds. The Bertz CT molecular complexity index is 496. The zero-order valence-corrected chi connectivity index (χ0v) is 8.58. The number of nitrogens with zero attached hydrogens (tertiary/aromatic N) is 2. The van der Waals surface area contributed by atoms with Crippen molar-refractivity contribution in [2.24, 2.45) is 10.7 Å². The number of guanidine groups is 1. The summed E-state index contributed by atoms with van der Waals surface area (Å²) in [6.07, 6.45) is -0.621. The van der Waals surface area contributed by atoms with Crippen molar-refractivity contribution >= 4 is 17.7 Å². The van der Waals surface area contributed by atoms with Crippen LogP contribution in [0.1, 0.15) is 11.7 Å². The summed E-state index contributed by atoms with van der Waals surface area (Å²) in [6.45, 7) is 0. The van der Waals surface area contributed by atoms with Gasteiger partial charge in [-0.3, -0.25) is 15.4 Å². The molecule has 0 unspecified atom stereocenters. The van der Waals surface area contributed by atoms with Gasteiger partial charge < -0.3 is 11.1 Å². The number of amides is 2. The number of aliphatic imine (C=N–C) groups is 1. The number of nitro benzene ring substituents is 1. The third-order valence-corrected chi connectivity index (χ3v) is 2.20. The normalized spacial score (nSPS) is 18.9. The number of non-ortho nitro benzene ring substituents is 1. The molecular formula is C9H9N5O3. The zero-order valence-electron chi connectivity index (χ0n) is 8.58. The second-order valence-corrected chi connectivity index (χ2v) is 3.36. The first-order valence-corrected chi connectivity index (χ1v) is 4.71. The van der Waals surface area contributed by atoms with Crippen LogP contribution in [-0.4, -0.2) is 16.9 Å². The number of nitrogens with one attached hydrogen (secondary N) is 2. The minimum absolute atomic E-state index is 0.0112. The smallest absolute Gasteiger partial charge is 0.323 e. The molecule has 0 saturated heterocycles. The van der Waals surface area contributed by atoms with Crippen molar-refractivity contribution in [1.29, 1.82) is 0 Å². The Morgan fingerprint density at radius 3 is 2.53 bits per heavy atom. The van der Waals surface area contributed by atoms with Gasteiger partial charge in [0, 0.05) is 12.1 Å². The first-order valence-electron chi connectivity index (χ1n) is 4.71. The highest BCUT2D eigenvalue weighted by atomic mass is 16.6. The largest absolute Gasteiger partial charge is 0.370 e. The molecule has 1 atom stereocenters. The van der Waals surface area contributed by atoms with Crippen LogP contribution in [0.15, 0.2) is 29.3 Å². The fourth-order valence-corrected chi connectivity index (χ4v) is 1.42. The first kappa shape index (κ1) is 10.9. The van der Waals surface area contributed by atoms with Gasteiger partial charge in [0.25, 0.3) is 5.69 Å². The molecule has 0 aliphatic carbocycles. The van der Waals surface area contributed by atoms with E-state index in [1.54, 1.807) is 0 Å². The van der Waals surface area contributed by atoms with E-state index in [1.807, 2.05) is 0 Å². The topological polar surface area (TPSA) is 123 Å². The molecule has 0 fully saturated rings. The molecule has 0 spiro atoms. The van der Waals surface area contributed by atoms with Gasteiger partial charge in [0.1, 0.15) is 0 Å². The number of hydrogen-bond acceptors (Lipinski definition) is 5. The van der Waals surface area contributed by atoms with E-state index < -0.39 is 17.1 Å². The Morgan fingerprint density at radius 2 is 2.00 bits per heavy atom. The van der Waals surface area contributed by atoms with E-state index in [0.29, 0.717) is 5.56 Å². The summed E-state index contributed by atoms with van der Waals surface area (Å²) in [6, 6.07) is 5.27. The van der Waals surface area contributed by atoms with Crippen LogP contribution in [0.4, 0.5) is 10.5 Å². The van der Waals surface area contributed by atoms with Crippen LogP contribution < -0.4 is 16.4 Å². The van der Waals surface area contributed by atoms with Gasteiger partial charge in [-0.25, -0.2) is 9.79 Å². The number of benzene rings is 1. The van der Waals surface area contributed by atoms with Gasteiger partial charge in [-0.05, 0) is 17.7 Å². The fraction of sp³-hybridized carbons (Fsp3) is 0.111. The Morgan fingerprint density at radius 1 is 1.35 bits per heavy atom. The van der Waals surface area contributed by atoms with Crippen LogP contribution in [0, 0.1) is 10.1 Å². The maximum absolute atomic E-state index is 11.1. The standard InChI is InChI=1S/C9H9N5O3/c10-8-11-7(12-9(15)13-8)5-1-3-6(4-2-5)14(16)17/h1-4,7H,(H4,10,11,12,13,15)/t7-/m1/s1. The summed E-state index contributed by atoms with van der Waals surface area (Å²) in [5.74, 6) is 0.0112. The van der Waals surface area contributed by atoms with E-state index in [2.05, 4.69) is 15.6 Å². The molecule has 1 aliphatic rings. The number of carbonyl (C=O) groups excluding carboxylic acids is 1. The van der Waals surface area contributed by atoms with Crippen LogP contribution in [-0.2, 0) is 0 Å². The molecule has 0 radical (unpaired) electrons. The second-order valence-electron chi connectivity index (χ2n) is 3.36. The number of nitrogens with two attached hydrogens (primary N) is 1. The quantitative estimate of drug-likeness (QED) is 0.501. The number of nitro groups is 1. The van der Waals surface area contributed by atoms with E-state index >= 15 is 0 Å². The predicted molar refractivity (Wildman–Crippen MR) is 59.1 cm³/mol. The maximum Gasteiger partial charge on any atom is 0.323 e. The van der Waals surface area contributed by atoms with Gasteiger partial charge in [0.2, 0.25) is 0 Å². The third-order valence-electron chi connectivity index (χ3n) is 2.20. The summed E-state index contributed by atoms with van der Waals surface area (Å²) in [5.41, 5.74) is 6.00. The Labute approximate surface area is 95.7 Å². The predicted octanol–water partition coefficient (Wildman–Crippen LogP) is 0.221. The molecule has 1 aromatic rings. The minimum atomic E-state index is -0.621. The molecule has 2 rings (SSSR count). The average Bonchev–Trinajstić information content (AvgIpc) is 2.28. The van der Waals surface area contributed by atoms with Crippen molar-refractivity contribution in [2.75, 3.05) is 0 Å². The number of urea groups is 1. The fourth-order valence-electron chi connectivity index (χ4n) is 1.42. The van der Waals surface area contributed by atoms with Crippen LogP contribution in [0.2, 0.25) is 0 Å². The lowest BCUT2D eigenvalue weighted by molar-refractivity contribution is -0.384. The van der Waals surface area contributed by atoms with Crippen LogP contribution in [0.25, 0.3) is 0 Å². The molecule has 1 aromatic carbocycles. The summed E-state index contributed by atoms with van der Waals surface area (Å²) in [7, 11) is 0. The van der Waals surface area contributed by atoms with Crippen molar-refractivity contribution in [2.45, 2.75) is 6.17 Å². The van der Waals surface area contributed by atoms with Crippen molar-refractivity contribution in [3.8, 4) is 0 Å². The molecule has 0 saturated carbocycles. The van der Waals surface area contributed by atoms with E-state index in [9.17, 15) is 14.9 Å². The molecule has 88 valence electrons. The van der Waals surface area contributed by atoms with E-state index in [1.165, 1.54) is 24.3 Å². The molecule has 1 heterocycles. The Kier molecular flexibility index (Phi) is 2.61. The zero-order chi connectivity index (χ0) is 12.4. The maximum atomic E-state index is 11.1. The van der Waals surface area contributed by atoms with Crippen LogP contribution in [0.3, 0.4) is 0 Å². The lowest BCUT2D eigenvalue weighted by Crippen LogP contribution is -2.49. The summed E-state index contributed by atoms with van der Waals surface area (Å²) < 4.78 is 0. The number of rotatable bonds is 2. The Hall–Kier alpha value is -2.64. The van der Waals surface area contributed by atoms with Gasteiger partial charge >= 0.3 is 6.03 Å². The van der Waals surface area contributed by atoms with Gasteiger partial charge in [0.05, 0.1) is 4.92 Å². The summed E-state index contributed by atoms with van der Waals surface area (Å²) in [5, 5.41) is 15.3. The van der Waals surface area contributed by atoms with Gasteiger partial charge in [0.15, 0.2) is 12.1 Å². The lowest BCUT2D eigenvalue weighted by atomic mass is 10.1. The monoisotopic (exact) mass is 235 g/mol. The molecule has 0 aromatic heterocycles. The van der Waals surface area contributed by atoms with E-state index in [4.69, 9.17) is 5.73 Å². The SMILES string of the molecule is NC1=N[C@@H](c2ccc([N+](=O)[O-])cc2)NC(=O)N1. The average molecular weight is 235 g/mol. The van der Waals surface area contributed by atoms with Gasteiger partial charge in [-0.2, -0.15) is 0 Å². The molecule has 8 heteroatoms. The van der Waals surface area contributed by atoms with E-state index in [0.717, 1.165) is 0 Å². The van der Waals surface area contributed by atoms with Crippen LogP contribution >= 0.6 is 0 Å². The van der Waals surface area contributed by atoms with Crippen molar-refractivity contribution < 1.29 is 9.72 Å². The molecule has 1 aliphatic heterocycles. The highest BCUT2D eigenvalue weighted by molar-refractivity contribution is 5.97. The van der Waals surface area contributed by atoms with Crippen molar-refractivity contribution in [3.63, 3.8) is 0 Å². The first-order chi connectivity index (χ1) is 8.06. The second kappa shape index (κ2) is 4.08. The van der Waals surface area contributed by atoms with Crippen LogP contribution in [0.5, 0.6) is 0 Å². The highest BCUT2D eigenvalue weighted by Crippen LogP contribution is 2.19. The summed E-state index contributed by atoms with van der Waals surface area (Å²) >= 11 is 0. The molecular weight excluding hydrogens is 226 g/mol. The molecule has 17 heavy (non-hydrogen) atoms. The van der Waals surface area contributed by atoms with Crippen molar-refractivity contribution in [1.82, 2.24) is 10.6 Å². The van der Waals surface area contributed by atoms with Gasteiger partial charge in [-0.1, -0.05) is 0 Å². The minimum Gasteiger partial charge on any atom is -0.370 e. The molecule has 0 bridgehead atoms.